The summed E-state index contributed by atoms with van der Waals surface area (Å²) in [4.78, 5) is 0.185. The molecule has 2 aromatic rings. The maximum absolute atomic E-state index is 12.2. The van der Waals surface area contributed by atoms with Crippen LogP contribution in [0.25, 0.3) is 0 Å². The van der Waals surface area contributed by atoms with E-state index in [2.05, 4.69) is 9.88 Å². The largest absolute Gasteiger partial charge is 0.398 e. The monoisotopic (exact) mass is 281 g/mol. The predicted octanol–water partition coefficient (Wildman–Crippen LogP) is 1.35. The molecule has 0 atom stereocenters. The molecule has 0 bridgehead atoms. The van der Waals surface area contributed by atoms with Crippen molar-refractivity contribution >= 4 is 15.7 Å². The fourth-order valence-electron chi connectivity index (χ4n) is 1.71. The Morgan fingerprint density at radius 2 is 2.11 bits per heavy atom. The van der Waals surface area contributed by atoms with Gasteiger partial charge in [-0.1, -0.05) is 5.16 Å². The van der Waals surface area contributed by atoms with Gasteiger partial charge in [-0.2, -0.15) is 0 Å². The Kier molecular flexibility index (Phi) is 3.59. The van der Waals surface area contributed by atoms with E-state index in [-0.39, 0.29) is 11.4 Å². The van der Waals surface area contributed by atoms with Gasteiger partial charge in [-0.25, -0.2) is 13.1 Å². The molecule has 1 aromatic carbocycles. The Labute approximate surface area is 111 Å². The number of benzene rings is 1. The van der Waals surface area contributed by atoms with Gasteiger partial charge in [0, 0.05) is 11.8 Å². The number of nitrogens with two attached hydrogens (primary N) is 1. The van der Waals surface area contributed by atoms with Gasteiger partial charge in [-0.15, -0.1) is 0 Å². The van der Waals surface area contributed by atoms with E-state index in [0.29, 0.717) is 17.0 Å². The Morgan fingerprint density at radius 3 is 2.74 bits per heavy atom. The average molecular weight is 281 g/mol. The van der Waals surface area contributed by atoms with E-state index in [4.69, 9.17) is 10.3 Å². The molecule has 3 N–H and O–H groups in total. The molecule has 0 aliphatic heterocycles. The van der Waals surface area contributed by atoms with Crippen molar-refractivity contribution in [2.75, 3.05) is 5.73 Å². The number of hydrogen-bond donors (Lipinski definition) is 2. The first-order valence-electron chi connectivity index (χ1n) is 5.66. The van der Waals surface area contributed by atoms with Crippen LogP contribution < -0.4 is 10.5 Å². The van der Waals surface area contributed by atoms with E-state index in [9.17, 15) is 8.42 Å². The molecule has 0 aliphatic carbocycles. The molecule has 0 spiro atoms. The Bertz CT molecular complexity index is 678. The lowest BCUT2D eigenvalue weighted by atomic mass is 10.1. The van der Waals surface area contributed by atoms with Crippen LogP contribution in [0.4, 0.5) is 5.69 Å². The third kappa shape index (κ3) is 2.94. The number of nitrogen functional groups attached to an aromatic ring is 1. The zero-order valence-corrected chi connectivity index (χ0v) is 11.5. The lowest BCUT2D eigenvalue weighted by Gasteiger charge is -2.11. The van der Waals surface area contributed by atoms with Crippen LogP contribution in [0, 0.1) is 13.8 Å². The van der Waals surface area contributed by atoms with Crippen molar-refractivity contribution in [2.45, 2.75) is 25.3 Å². The number of nitrogens with one attached hydrogen (secondary N) is 1. The molecule has 0 saturated carbocycles. The molecular formula is C12H15N3O3S. The molecule has 1 heterocycles. The molecular weight excluding hydrogens is 266 g/mol. The summed E-state index contributed by atoms with van der Waals surface area (Å²) >= 11 is 0. The number of nitrogens with zero attached hydrogens (tertiary/aromatic N) is 1. The minimum absolute atomic E-state index is 0.0512. The molecule has 1 aromatic heterocycles. The molecule has 0 saturated heterocycles. The van der Waals surface area contributed by atoms with Crippen molar-refractivity contribution in [2.24, 2.45) is 0 Å². The summed E-state index contributed by atoms with van der Waals surface area (Å²) in [5.41, 5.74) is 7.58. The third-order valence-corrected chi connectivity index (χ3v) is 4.29. The van der Waals surface area contributed by atoms with Gasteiger partial charge < -0.3 is 10.3 Å². The lowest BCUT2D eigenvalue weighted by molar-refractivity contribution is 0.380. The topological polar surface area (TPSA) is 98.2 Å². The number of anilines is 1. The quantitative estimate of drug-likeness (QED) is 0.824. The molecule has 7 heteroatoms. The van der Waals surface area contributed by atoms with Gasteiger partial charge in [-0.3, -0.25) is 0 Å². The number of sulfonamides is 1. The van der Waals surface area contributed by atoms with Crippen molar-refractivity contribution < 1.29 is 12.9 Å². The molecule has 0 radical (unpaired) electrons. The molecule has 0 fully saturated rings. The van der Waals surface area contributed by atoms with Crippen LogP contribution in [0.5, 0.6) is 0 Å². The summed E-state index contributed by atoms with van der Waals surface area (Å²) in [5, 5.41) is 3.51. The fraction of sp³-hybridized carbons (Fsp3) is 0.250. The van der Waals surface area contributed by atoms with E-state index in [1.165, 1.54) is 6.20 Å². The van der Waals surface area contributed by atoms with Crippen LogP contribution in [0.3, 0.4) is 0 Å². The molecule has 0 aliphatic rings. The van der Waals surface area contributed by atoms with Gasteiger partial charge >= 0.3 is 0 Å². The average Bonchev–Trinajstić information content (AvgIpc) is 2.84. The molecule has 0 amide bonds. The fourth-order valence-corrected chi connectivity index (χ4v) is 3.06. The summed E-state index contributed by atoms with van der Waals surface area (Å²) in [6, 6.07) is 4.93. The number of rotatable bonds is 4. The van der Waals surface area contributed by atoms with E-state index in [1.54, 1.807) is 32.0 Å². The normalized spacial score (nSPS) is 11.7. The van der Waals surface area contributed by atoms with Crippen molar-refractivity contribution in [3.05, 3.63) is 41.3 Å². The smallest absolute Gasteiger partial charge is 0.241 e. The van der Waals surface area contributed by atoms with Gasteiger partial charge in [0.05, 0.1) is 17.6 Å². The summed E-state index contributed by atoms with van der Waals surface area (Å²) in [7, 11) is -3.63. The zero-order valence-electron chi connectivity index (χ0n) is 10.7. The van der Waals surface area contributed by atoms with E-state index in [1.807, 2.05) is 0 Å². The predicted molar refractivity (Wildman–Crippen MR) is 70.9 cm³/mol. The van der Waals surface area contributed by atoms with Gasteiger partial charge in [-0.05, 0) is 37.1 Å². The summed E-state index contributed by atoms with van der Waals surface area (Å²) in [6.45, 7) is 3.53. The van der Waals surface area contributed by atoms with E-state index in [0.717, 1.165) is 5.56 Å². The minimum Gasteiger partial charge on any atom is -0.398 e. The molecule has 102 valence electrons. The standard InChI is InChI=1S/C12H15N3O3S/c1-8-5-11(13)9(2)12(6-8)19(16,17)15-7-10-3-4-14-18-10/h3-6,15H,7,13H2,1-2H3. The highest BCUT2D eigenvalue weighted by Gasteiger charge is 2.19. The van der Waals surface area contributed by atoms with Crippen LogP contribution in [-0.2, 0) is 16.6 Å². The van der Waals surface area contributed by atoms with Crippen molar-refractivity contribution in [3.8, 4) is 0 Å². The van der Waals surface area contributed by atoms with Crippen molar-refractivity contribution in [1.29, 1.82) is 0 Å². The second-order valence-corrected chi connectivity index (χ2v) is 6.02. The van der Waals surface area contributed by atoms with Gasteiger partial charge in [0.1, 0.15) is 0 Å². The van der Waals surface area contributed by atoms with Crippen LogP contribution in [-0.4, -0.2) is 13.6 Å². The summed E-state index contributed by atoms with van der Waals surface area (Å²) < 4.78 is 31.7. The number of aryl methyl sites for hydroxylation is 1. The summed E-state index contributed by atoms with van der Waals surface area (Å²) in [5.74, 6) is 0.446. The first-order chi connectivity index (χ1) is 8.90. The summed E-state index contributed by atoms with van der Waals surface area (Å²) in [6.07, 6.45) is 1.46. The SMILES string of the molecule is Cc1cc(N)c(C)c(S(=O)(=O)NCc2ccno2)c1. The Morgan fingerprint density at radius 1 is 1.37 bits per heavy atom. The first kappa shape index (κ1) is 13.6. The van der Waals surface area contributed by atoms with Crippen LogP contribution in [0.1, 0.15) is 16.9 Å². The highest BCUT2D eigenvalue weighted by atomic mass is 32.2. The zero-order chi connectivity index (χ0) is 14.0. The van der Waals surface area contributed by atoms with E-state index < -0.39 is 10.0 Å². The van der Waals surface area contributed by atoms with Crippen LogP contribution in [0.15, 0.2) is 33.8 Å². The minimum atomic E-state index is -3.63. The second kappa shape index (κ2) is 5.02. The van der Waals surface area contributed by atoms with Crippen LogP contribution >= 0.6 is 0 Å². The van der Waals surface area contributed by atoms with Crippen molar-refractivity contribution in [1.82, 2.24) is 9.88 Å². The maximum atomic E-state index is 12.2. The number of hydrogen-bond acceptors (Lipinski definition) is 5. The molecule has 19 heavy (non-hydrogen) atoms. The van der Waals surface area contributed by atoms with Gasteiger partial charge in [0.25, 0.3) is 0 Å². The molecule has 6 nitrogen and oxygen atoms in total. The maximum Gasteiger partial charge on any atom is 0.241 e. The molecule has 0 unspecified atom stereocenters. The van der Waals surface area contributed by atoms with E-state index >= 15 is 0 Å². The third-order valence-electron chi connectivity index (χ3n) is 2.76. The van der Waals surface area contributed by atoms with Crippen LogP contribution in [0.2, 0.25) is 0 Å². The molecule has 2 rings (SSSR count). The Hall–Kier alpha value is -1.86. The number of aromatic nitrogens is 1. The lowest BCUT2D eigenvalue weighted by Crippen LogP contribution is -2.24. The Balaban J connectivity index is 2.29. The highest BCUT2D eigenvalue weighted by molar-refractivity contribution is 7.89. The second-order valence-electron chi connectivity index (χ2n) is 4.28. The van der Waals surface area contributed by atoms with Gasteiger partial charge in [0.15, 0.2) is 5.76 Å². The highest BCUT2D eigenvalue weighted by Crippen LogP contribution is 2.23. The van der Waals surface area contributed by atoms with Crippen molar-refractivity contribution in [3.63, 3.8) is 0 Å². The van der Waals surface area contributed by atoms with Gasteiger partial charge in [0.2, 0.25) is 10.0 Å². The first-order valence-corrected chi connectivity index (χ1v) is 7.14.